The van der Waals surface area contributed by atoms with E-state index in [0.717, 1.165) is 30.8 Å². The molecule has 3 rings (SSSR count). The van der Waals surface area contributed by atoms with E-state index in [1.807, 2.05) is 0 Å². The summed E-state index contributed by atoms with van der Waals surface area (Å²) in [6.07, 6.45) is 3.27. The molecular formula is C14H22N4O2S. The van der Waals surface area contributed by atoms with Crippen molar-refractivity contribution in [2.45, 2.75) is 38.4 Å². The highest BCUT2D eigenvalue weighted by Crippen LogP contribution is 2.24. The fourth-order valence-corrected chi connectivity index (χ4v) is 4.21. The van der Waals surface area contributed by atoms with Gasteiger partial charge in [0, 0.05) is 26.2 Å². The highest BCUT2D eigenvalue weighted by molar-refractivity contribution is 7.89. The summed E-state index contributed by atoms with van der Waals surface area (Å²) in [5, 5.41) is 8.25. The van der Waals surface area contributed by atoms with Gasteiger partial charge in [-0.3, -0.25) is 0 Å². The Bertz CT molecular complexity index is 622. The molecule has 1 aliphatic heterocycles. The van der Waals surface area contributed by atoms with Crippen LogP contribution in [0.1, 0.15) is 31.5 Å². The minimum atomic E-state index is -3.14. The molecule has 2 aliphatic rings. The third-order valence-corrected chi connectivity index (χ3v) is 6.60. The zero-order chi connectivity index (χ0) is 15.0. The van der Waals surface area contributed by atoms with Crippen LogP contribution >= 0.6 is 0 Å². The highest BCUT2D eigenvalue weighted by Gasteiger charge is 2.30. The molecule has 0 aromatic carbocycles. The molecule has 1 aromatic heterocycles. The normalized spacial score (nSPS) is 20.0. The van der Waals surface area contributed by atoms with Crippen molar-refractivity contribution in [3.05, 3.63) is 17.3 Å². The molecule has 0 atom stereocenters. The topological polar surface area (TPSA) is 66.4 Å². The first-order valence-electron chi connectivity index (χ1n) is 7.58. The summed E-state index contributed by atoms with van der Waals surface area (Å²) in [6.45, 7) is 5.87. The molecule has 116 valence electrons. The second-order valence-corrected chi connectivity index (χ2v) is 8.50. The van der Waals surface area contributed by atoms with Crippen LogP contribution < -0.4 is 4.90 Å². The molecule has 0 saturated carbocycles. The quantitative estimate of drug-likeness (QED) is 0.827. The molecule has 0 N–H and O–H groups in total. The number of hydrogen-bond donors (Lipinski definition) is 0. The number of aromatic nitrogens is 2. The van der Waals surface area contributed by atoms with E-state index in [4.69, 9.17) is 0 Å². The number of rotatable bonds is 3. The first-order valence-corrected chi connectivity index (χ1v) is 9.08. The molecule has 0 radical (unpaired) electrons. The van der Waals surface area contributed by atoms with E-state index in [2.05, 4.69) is 21.2 Å². The van der Waals surface area contributed by atoms with Crippen molar-refractivity contribution in [2.75, 3.05) is 31.1 Å². The molecule has 6 nitrogen and oxygen atoms in total. The number of nitrogens with zero attached hydrogens (tertiary/aromatic N) is 4. The van der Waals surface area contributed by atoms with Crippen molar-refractivity contribution in [3.8, 4) is 0 Å². The number of piperazine rings is 1. The molecule has 1 aliphatic carbocycles. The Morgan fingerprint density at radius 2 is 1.81 bits per heavy atom. The second-order valence-electron chi connectivity index (χ2n) is 6.01. The number of hydrogen-bond acceptors (Lipinski definition) is 5. The Morgan fingerprint density at radius 3 is 2.48 bits per heavy atom. The van der Waals surface area contributed by atoms with Crippen LogP contribution in [0.15, 0.2) is 6.07 Å². The molecule has 0 spiro atoms. The summed E-state index contributed by atoms with van der Waals surface area (Å²) >= 11 is 0. The van der Waals surface area contributed by atoms with Crippen LogP contribution in [0.3, 0.4) is 0 Å². The van der Waals surface area contributed by atoms with Crippen LogP contribution in [0.2, 0.25) is 0 Å². The predicted octanol–water partition coefficient (Wildman–Crippen LogP) is 0.825. The molecule has 0 bridgehead atoms. The van der Waals surface area contributed by atoms with E-state index in [1.54, 1.807) is 18.2 Å². The highest BCUT2D eigenvalue weighted by atomic mass is 32.2. The Balaban J connectivity index is 1.69. The van der Waals surface area contributed by atoms with Gasteiger partial charge in [0.25, 0.3) is 0 Å². The monoisotopic (exact) mass is 310 g/mol. The minimum absolute atomic E-state index is 0.358. The van der Waals surface area contributed by atoms with Crippen LogP contribution in [0.25, 0.3) is 0 Å². The van der Waals surface area contributed by atoms with Crippen LogP contribution in [-0.2, 0) is 22.9 Å². The maximum absolute atomic E-state index is 12.2. The molecule has 2 heterocycles. The first-order chi connectivity index (χ1) is 9.98. The lowest BCUT2D eigenvalue weighted by molar-refractivity contribution is 0.379. The van der Waals surface area contributed by atoms with Gasteiger partial charge in [0.05, 0.1) is 10.9 Å². The van der Waals surface area contributed by atoms with E-state index in [0.29, 0.717) is 26.2 Å². The van der Waals surface area contributed by atoms with Gasteiger partial charge in [0.1, 0.15) is 0 Å². The van der Waals surface area contributed by atoms with Gasteiger partial charge in [-0.05, 0) is 44.7 Å². The second kappa shape index (κ2) is 5.53. The van der Waals surface area contributed by atoms with Gasteiger partial charge in [-0.25, -0.2) is 8.42 Å². The van der Waals surface area contributed by atoms with E-state index >= 15 is 0 Å². The predicted molar refractivity (Wildman–Crippen MR) is 81.9 cm³/mol. The van der Waals surface area contributed by atoms with Crippen molar-refractivity contribution in [1.29, 1.82) is 0 Å². The van der Waals surface area contributed by atoms with Crippen LogP contribution in [0.5, 0.6) is 0 Å². The average Bonchev–Trinajstić information content (AvgIpc) is 2.94. The Morgan fingerprint density at radius 1 is 1.10 bits per heavy atom. The lowest BCUT2D eigenvalue weighted by atomic mass is 10.2. The molecule has 1 saturated heterocycles. The molecule has 7 heteroatoms. The fourth-order valence-electron chi connectivity index (χ4n) is 2.94. The van der Waals surface area contributed by atoms with Crippen molar-refractivity contribution < 1.29 is 8.42 Å². The van der Waals surface area contributed by atoms with E-state index < -0.39 is 10.0 Å². The average molecular weight is 310 g/mol. The maximum atomic E-state index is 12.2. The summed E-state index contributed by atoms with van der Waals surface area (Å²) in [5.74, 6) is 0.886. The third kappa shape index (κ3) is 2.76. The molecule has 0 unspecified atom stereocenters. The lowest BCUT2D eigenvalue weighted by Gasteiger charge is -2.35. The smallest absolute Gasteiger partial charge is 0.216 e. The lowest BCUT2D eigenvalue weighted by Crippen LogP contribution is -2.50. The van der Waals surface area contributed by atoms with Crippen molar-refractivity contribution in [3.63, 3.8) is 0 Å². The van der Waals surface area contributed by atoms with Gasteiger partial charge < -0.3 is 4.90 Å². The van der Waals surface area contributed by atoms with Gasteiger partial charge in [-0.1, -0.05) is 0 Å². The number of fused-ring (bicyclic) bond motifs is 1. The van der Waals surface area contributed by atoms with Crippen molar-refractivity contribution >= 4 is 15.8 Å². The van der Waals surface area contributed by atoms with Gasteiger partial charge in [0.15, 0.2) is 5.82 Å². The Kier molecular flexibility index (Phi) is 3.88. The van der Waals surface area contributed by atoms with E-state index in [1.165, 1.54) is 5.56 Å². The third-order valence-electron chi connectivity index (χ3n) is 4.33. The summed E-state index contributed by atoms with van der Waals surface area (Å²) in [6, 6.07) is 2.13. The zero-order valence-electron chi connectivity index (χ0n) is 12.6. The molecular weight excluding hydrogens is 288 g/mol. The SMILES string of the molecule is CC(C)S(=O)(=O)N1CCN(c2cc3c(nn2)CCC3)CC1. The van der Waals surface area contributed by atoms with Gasteiger partial charge >= 0.3 is 0 Å². The number of anilines is 1. The van der Waals surface area contributed by atoms with Gasteiger partial charge in [-0.15, -0.1) is 5.10 Å². The summed E-state index contributed by atoms with van der Waals surface area (Å²) in [4.78, 5) is 2.14. The van der Waals surface area contributed by atoms with Crippen LogP contribution in [0.4, 0.5) is 5.82 Å². The summed E-state index contributed by atoms with van der Waals surface area (Å²) < 4.78 is 25.9. The standard InChI is InChI=1S/C14H22N4O2S/c1-11(2)21(19,20)18-8-6-17(7-9-18)14-10-12-4-3-5-13(12)15-16-14/h10-11H,3-9H2,1-2H3. The summed E-state index contributed by atoms with van der Waals surface area (Å²) in [7, 11) is -3.14. The first kappa shape index (κ1) is 14.7. The van der Waals surface area contributed by atoms with Crippen LogP contribution in [-0.4, -0.2) is 54.3 Å². The zero-order valence-corrected chi connectivity index (χ0v) is 13.4. The number of sulfonamides is 1. The van der Waals surface area contributed by atoms with E-state index in [9.17, 15) is 8.42 Å². The Hall–Kier alpha value is -1.21. The maximum Gasteiger partial charge on any atom is 0.216 e. The fraction of sp³-hybridized carbons (Fsp3) is 0.714. The molecule has 1 aromatic rings. The number of aryl methyl sites for hydroxylation is 2. The molecule has 1 fully saturated rings. The van der Waals surface area contributed by atoms with Crippen molar-refractivity contribution in [2.24, 2.45) is 0 Å². The van der Waals surface area contributed by atoms with Gasteiger partial charge in [0.2, 0.25) is 10.0 Å². The van der Waals surface area contributed by atoms with Crippen molar-refractivity contribution in [1.82, 2.24) is 14.5 Å². The van der Waals surface area contributed by atoms with Crippen LogP contribution in [0, 0.1) is 0 Å². The minimum Gasteiger partial charge on any atom is -0.352 e. The largest absolute Gasteiger partial charge is 0.352 e. The Labute approximate surface area is 126 Å². The van der Waals surface area contributed by atoms with Gasteiger partial charge in [-0.2, -0.15) is 9.40 Å². The van der Waals surface area contributed by atoms with E-state index in [-0.39, 0.29) is 5.25 Å². The summed E-state index contributed by atoms with van der Waals surface area (Å²) in [5.41, 5.74) is 2.43. The molecule has 21 heavy (non-hydrogen) atoms. The molecule has 0 amide bonds.